The van der Waals surface area contributed by atoms with Crippen molar-refractivity contribution in [3.8, 4) is 10.7 Å². The Morgan fingerprint density at radius 3 is 2.68 bits per heavy atom. The van der Waals surface area contributed by atoms with Gasteiger partial charge in [-0.15, -0.1) is 21.5 Å². The number of thiophene rings is 1. The van der Waals surface area contributed by atoms with Crippen molar-refractivity contribution < 1.29 is 13.2 Å². The lowest BCUT2D eigenvalue weighted by Gasteiger charge is -2.08. The van der Waals surface area contributed by atoms with Gasteiger partial charge < -0.3 is 10.2 Å². The number of thioether (sulfide) groups is 1. The van der Waals surface area contributed by atoms with Crippen LogP contribution in [-0.2, 0) is 12.3 Å². The summed E-state index contributed by atoms with van der Waals surface area (Å²) >= 11 is 2.77. The number of halogens is 2. The Labute approximate surface area is 183 Å². The minimum Gasteiger partial charge on any atom is -0.467 e. The van der Waals surface area contributed by atoms with Gasteiger partial charge in [-0.25, -0.2) is 13.8 Å². The Bertz CT molecular complexity index is 1340. The zero-order valence-electron chi connectivity index (χ0n) is 16.0. The van der Waals surface area contributed by atoms with Crippen LogP contribution in [0.15, 0.2) is 64.5 Å². The maximum Gasteiger partial charge on any atom is 0.192 e. The Hall–Kier alpha value is -3.24. The van der Waals surface area contributed by atoms with E-state index in [9.17, 15) is 8.78 Å². The van der Waals surface area contributed by atoms with Gasteiger partial charge in [0.15, 0.2) is 11.0 Å². The van der Waals surface area contributed by atoms with Crippen LogP contribution < -0.4 is 5.73 Å². The third-order valence-corrected chi connectivity index (χ3v) is 6.77. The first-order valence-electron chi connectivity index (χ1n) is 9.25. The molecule has 6 nitrogen and oxygen atoms in total. The summed E-state index contributed by atoms with van der Waals surface area (Å²) in [5.74, 6) is 0.411. The molecule has 0 saturated heterocycles. The highest BCUT2D eigenvalue weighted by Gasteiger charge is 2.21. The zero-order valence-corrected chi connectivity index (χ0v) is 17.6. The molecule has 0 bridgehead atoms. The van der Waals surface area contributed by atoms with Crippen LogP contribution in [0.5, 0.6) is 0 Å². The zero-order chi connectivity index (χ0) is 21.4. The van der Waals surface area contributed by atoms with Gasteiger partial charge in [-0.05, 0) is 42.0 Å². The van der Waals surface area contributed by atoms with Gasteiger partial charge >= 0.3 is 0 Å². The Morgan fingerprint density at radius 1 is 1.10 bits per heavy atom. The predicted octanol–water partition coefficient (Wildman–Crippen LogP) is 5.35. The fourth-order valence-electron chi connectivity index (χ4n) is 3.22. The largest absolute Gasteiger partial charge is 0.467 e. The van der Waals surface area contributed by atoms with Crippen molar-refractivity contribution in [1.82, 2.24) is 19.7 Å². The van der Waals surface area contributed by atoms with Crippen LogP contribution in [0, 0.1) is 11.6 Å². The van der Waals surface area contributed by atoms with Gasteiger partial charge in [-0.1, -0.05) is 11.8 Å². The van der Waals surface area contributed by atoms with Crippen LogP contribution in [0.25, 0.3) is 20.9 Å². The topological polar surface area (TPSA) is 82.8 Å². The molecule has 4 heterocycles. The van der Waals surface area contributed by atoms with Crippen molar-refractivity contribution in [1.29, 1.82) is 0 Å². The molecule has 31 heavy (non-hydrogen) atoms. The number of nitrogens with two attached hydrogens (primary N) is 1. The van der Waals surface area contributed by atoms with Crippen LogP contribution >= 0.6 is 23.1 Å². The lowest BCUT2D eigenvalue weighted by Crippen LogP contribution is -2.04. The minimum absolute atomic E-state index is 0.328. The van der Waals surface area contributed by atoms with Gasteiger partial charge in [-0.3, -0.25) is 4.57 Å². The molecular formula is C21H15F2N5OS2. The van der Waals surface area contributed by atoms with Gasteiger partial charge in [0.1, 0.15) is 22.2 Å². The second-order valence-electron chi connectivity index (χ2n) is 6.74. The van der Waals surface area contributed by atoms with Crippen molar-refractivity contribution in [2.45, 2.75) is 17.5 Å². The maximum absolute atomic E-state index is 13.5. The second kappa shape index (κ2) is 8.12. The summed E-state index contributed by atoms with van der Waals surface area (Å²) in [5, 5.41) is 10.1. The van der Waals surface area contributed by atoms with E-state index >= 15 is 0 Å². The van der Waals surface area contributed by atoms with Gasteiger partial charge in [0.2, 0.25) is 0 Å². The molecule has 0 amide bonds. The molecule has 0 saturated carbocycles. The summed E-state index contributed by atoms with van der Waals surface area (Å²) in [5.41, 5.74) is 7.50. The molecular weight excluding hydrogens is 440 g/mol. The fraction of sp³-hybridized carbons (Fsp3) is 0.0952. The lowest BCUT2D eigenvalue weighted by molar-refractivity contribution is 0.485. The van der Waals surface area contributed by atoms with E-state index in [4.69, 9.17) is 10.2 Å². The van der Waals surface area contributed by atoms with E-state index in [1.54, 1.807) is 18.5 Å². The molecule has 5 aromatic rings. The second-order valence-corrected chi connectivity index (χ2v) is 8.68. The number of anilines is 1. The number of hydrogen-bond donors (Lipinski definition) is 1. The molecule has 5 rings (SSSR count). The van der Waals surface area contributed by atoms with Gasteiger partial charge in [0, 0.05) is 23.4 Å². The number of furan rings is 1. The first kappa shape index (κ1) is 19.7. The summed E-state index contributed by atoms with van der Waals surface area (Å²) < 4.78 is 34.5. The standard InChI is InChI=1S/C21H15F2N5OS2/c22-13-7-12(8-14(23)9-13)11-30-21-27-26-19(28(21)10-15-3-2-6-29-15)18-17(24)16-4-1-5-25-20(16)31-18/h1-9H,10-11,24H2. The van der Waals surface area contributed by atoms with Crippen molar-refractivity contribution >= 4 is 39.0 Å². The fourth-order valence-corrected chi connectivity index (χ4v) is 5.15. The summed E-state index contributed by atoms with van der Waals surface area (Å²) in [6.45, 7) is 0.385. The monoisotopic (exact) mass is 455 g/mol. The number of nitrogens with zero attached hydrogens (tertiary/aromatic N) is 4. The number of aromatic nitrogens is 4. The summed E-state index contributed by atoms with van der Waals surface area (Å²) in [4.78, 5) is 5.95. The molecule has 0 fully saturated rings. The normalized spacial score (nSPS) is 11.4. The predicted molar refractivity (Wildman–Crippen MR) is 117 cm³/mol. The van der Waals surface area contributed by atoms with Crippen LogP contribution in [-0.4, -0.2) is 19.7 Å². The average molecular weight is 456 g/mol. The third kappa shape index (κ3) is 3.91. The highest BCUT2D eigenvalue weighted by molar-refractivity contribution is 7.98. The van der Waals surface area contributed by atoms with Gasteiger partial charge in [0.05, 0.1) is 23.4 Å². The van der Waals surface area contributed by atoms with E-state index in [-0.39, 0.29) is 0 Å². The number of hydrogen-bond acceptors (Lipinski definition) is 7. The minimum atomic E-state index is -0.612. The number of fused-ring (bicyclic) bond motifs is 1. The van der Waals surface area contributed by atoms with Gasteiger partial charge in [0.25, 0.3) is 0 Å². The number of rotatable bonds is 6. The molecule has 0 radical (unpaired) electrons. The van der Waals surface area contributed by atoms with Crippen LogP contribution in [0.2, 0.25) is 0 Å². The Kier molecular flexibility index (Phi) is 5.16. The first-order chi connectivity index (χ1) is 15.1. The molecule has 1 aromatic carbocycles. The van der Waals surface area contributed by atoms with E-state index in [0.29, 0.717) is 34.5 Å². The first-order valence-corrected chi connectivity index (χ1v) is 11.1. The van der Waals surface area contributed by atoms with E-state index in [1.165, 1.54) is 35.2 Å². The SMILES string of the molecule is Nc1c(-c2nnc(SCc3cc(F)cc(F)c3)n2Cc2ccco2)sc2ncccc12. The van der Waals surface area contributed by atoms with E-state index < -0.39 is 11.6 Å². The number of pyridine rings is 1. The van der Waals surface area contributed by atoms with E-state index in [2.05, 4.69) is 15.2 Å². The van der Waals surface area contributed by atoms with Gasteiger partial charge in [-0.2, -0.15) is 0 Å². The molecule has 4 aromatic heterocycles. The van der Waals surface area contributed by atoms with Crippen molar-refractivity contribution in [3.63, 3.8) is 0 Å². The highest BCUT2D eigenvalue weighted by Crippen LogP contribution is 2.40. The van der Waals surface area contributed by atoms with Crippen LogP contribution in [0.1, 0.15) is 11.3 Å². The molecule has 0 aliphatic carbocycles. The van der Waals surface area contributed by atoms with Crippen LogP contribution in [0.4, 0.5) is 14.5 Å². The lowest BCUT2D eigenvalue weighted by atomic mass is 10.2. The van der Waals surface area contributed by atoms with Crippen molar-refractivity contribution in [2.24, 2.45) is 0 Å². The molecule has 2 N–H and O–H groups in total. The van der Waals surface area contributed by atoms with E-state index in [0.717, 1.165) is 26.9 Å². The molecule has 156 valence electrons. The average Bonchev–Trinajstić information content (AvgIpc) is 3.47. The smallest absolute Gasteiger partial charge is 0.192 e. The molecule has 0 atom stereocenters. The quantitative estimate of drug-likeness (QED) is 0.348. The molecule has 0 aliphatic heterocycles. The van der Waals surface area contributed by atoms with Crippen molar-refractivity contribution in [2.75, 3.05) is 5.73 Å². The number of nitrogen functional groups attached to an aromatic ring is 1. The third-order valence-electron chi connectivity index (χ3n) is 4.61. The molecule has 10 heteroatoms. The van der Waals surface area contributed by atoms with E-state index in [1.807, 2.05) is 22.8 Å². The highest BCUT2D eigenvalue weighted by atomic mass is 32.2. The maximum atomic E-state index is 13.5. The van der Waals surface area contributed by atoms with Crippen molar-refractivity contribution in [3.05, 3.63) is 77.9 Å². The molecule has 0 spiro atoms. The Balaban J connectivity index is 1.54. The molecule has 0 aliphatic rings. The number of benzene rings is 1. The summed E-state index contributed by atoms with van der Waals surface area (Å²) in [7, 11) is 0. The molecule has 0 unspecified atom stereocenters. The summed E-state index contributed by atoms with van der Waals surface area (Å²) in [6.07, 6.45) is 3.31. The Morgan fingerprint density at radius 2 is 1.94 bits per heavy atom. The van der Waals surface area contributed by atoms with Crippen LogP contribution in [0.3, 0.4) is 0 Å². The summed E-state index contributed by atoms with van der Waals surface area (Å²) in [6, 6.07) is 10.9.